The average Bonchev–Trinajstić information content (AvgIpc) is 2.31. The second-order valence-electron chi connectivity index (χ2n) is 5.24. The van der Waals surface area contributed by atoms with Gasteiger partial charge in [0.15, 0.2) is 0 Å². The van der Waals surface area contributed by atoms with Crippen LogP contribution in [0.5, 0.6) is 0 Å². The summed E-state index contributed by atoms with van der Waals surface area (Å²) in [5, 5.41) is 0. The van der Waals surface area contributed by atoms with Crippen molar-refractivity contribution in [3.05, 3.63) is 0 Å². The summed E-state index contributed by atoms with van der Waals surface area (Å²) in [6.45, 7) is -3.67. The van der Waals surface area contributed by atoms with Crippen molar-refractivity contribution in [1.29, 1.82) is 0 Å². The van der Waals surface area contributed by atoms with E-state index in [0.717, 1.165) is 11.6 Å². The topological polar surface area (TPSA) is 0 Å². The first-order chi connectivity index (χ1) is 8.18. The monoisotopic (exact) mass is 247 g/mol. The Labute approximate surface area is 104 Å². The molecule has 4 heteroatoms. The average molecular weight is 247 g/mol. The Balaban J connectivity index is 0.000000317. The van der Waals surface area contributed by atoms with Crippen molar-refractivity contribution in [3.8, 4) is 0 Å². The van der Waals surface area contributed by atoms with E-state index in [0.29, 0.717) is 0 Å². The second-order valence-corrected chi connectivity index (χ2v) is 5.24. The molecule has 0 nitrogen and oxygen atoms in total. The fraction of sp³-hybridized carbons (Fsp3) is 1.00. The van der Waals surface area contributed by atoms with E-state index < -0.39 is 6.68 Å². The SMILES string of the molecule is FC(F)F.[B](C1CCCCC1)C1CCCCC1. The van der Waals surface area contributed by atoms with Gasteiger partial charge in [0.1, 0.15) is 7.28 Å². The molecule has 0 N–H and O–H groups in total. The van der Waals surface area contributed by atoms with Crippen LogP contribution in [0, 0.1) is 0 Å². The van der Waals surface area contributed by atoms with E-state index in [1.54, 1.807) is 0 Å². The summed E-state index contributed by atoms with van der Waals surface area (Å²) in [4.78, 5) is 0. The number of halogens is 3. The second kappa shape index (κ2) is 8.88. The van der Waals surface area contributed by atoms with Gasteiger partial charge in [-0.1, -0.05) is 75.8 Å². The lowest BCUT2D eigenvalue weighted by Crippen LogP contribution is -2.16. The lowest BCUT2D eigenvalue weighted by atomic mass is 9.48. The molecule has 0 atom stereocenters. The van der Waals surface area contributed by atoms with Crippen LogP contribution in [0.2, 0.25) is 11.6 Å². The van der Waals surface area contributed by atoms with Gasteiger partial charge in [-0.15, -0.1) is 0 Å². The lowest BCUT2D eigenvalue weighted by molar-refractivity contribution is 0.00819. The Bertz CT molecular complexity index is 157. The molecular formula is C13H23BF3. The summed E-state index contributed by atoms with van der Waals surface area (Å²) >= 11 is 0. The van der Waals surface area contributed by atoms with Crippen LogP contribution >= 0.6 is 0 Å². The van der Waals surface area contributed by atoms with Crippen LogP contribution in [0.4, 0.5) is 13.2 Å². The molecule has 1 radical (unpaired) electrons. The maximum Gasteiger partial charge on any atom is 0.379 e. The third-order valence-corrected chi connectivity index (χ3v) is 3.84. The van der Waals surface area contributed by atoms with Crippen molar-refractivity contribution in [2.45, 2.75) is 82.5 Å². The third-order valence-electron chi connectivity index (χ3n) is 3.84. The zero-order valence-corrected chi connectivity index (χ0v) is 10.5. The highest BCUT2D eigenvalue weighted by atomic mass is 19.4. The molecule has 0 aliphatic heterocycles. The number of alkyl halides is 3. The molecular weight excluding hydrogens is 224 g/mol. The molecule has 17 heavy (non-hydrogen) atoms. The van der Waals surface area contributed by atoms with Crippen molar-refractivity contribution in [2.75, 3.05) is 0 Å². The molecule has 99 valence electrons. The molecule has 0 bridgehead atoms. The smallest absolute Gasteiger partial charge is 0.174 e. The Morgan fingerprint density at radius 1 is 0.647 bits per heavy atom. The predicted molar refractivity (Wildman–Crippen MR) is 66.5 cm³/mol. The molecule has 0 amide bonds. The van der Waals surface area contributed by atoms with Gasteiger partial charge in [0.2, 0.25) is 0 Å². The summed E-state index contributed by atoms with van der Waals surface area (Å²) < 4.78 is 29.0. The van der Waals surface area contributed by atoms with E-state index in [-0.39, 0.29) is 0 Å². The van der Waals surface area contributed by atoms with Crippen LogP contribution in [0.25, 0.3) is 0 Å². The highest BCUT2D eigenvalue weighted by Crippen LogP contribution is 2.36. The van der Waals surface area contributed by atoms with Crippen LogP contribution in [0.1, 0.15) is 64.2 Å². The molecule has 0 aromatic carbocycles. The van der Waals surface area contributed by atoms with E-state index >= 15 is 0 Å². The van der Waals surface area contributed by atoms with Gasteiger partial charge < -0.3 is 0 Å². The normalized spacial score (nSPS) is 23.1. The molecule has 2 saturated carbocycles. The van der Waals surface area contributed by atoms with Gasteiger partial charge in [-0.05, 0) is 0 Å². The van der Waals surface area contributed by atoms with Crippen LogP contribution in [-0.4, -0.2) is 14.0 Å². The highest BCUT2D eigenvalue weighted by Gasteiger charge is 2.21. The molecule has 0 heterocycles. The van der Waals surface area contributed by atoms with E-state index in [4.69, 9.17) is 0 Å². The van der Waals surface area contributed by atoms with Gasteiger partial charge in [0.25, 0.3) is 0 Å². The van der Waals surface area contributed by atoms with Crippen LogP contribution in [0.3, 0.4) is 0 Å². The summed E-state index contributed by atoms with van der Waals surface area (Å²) in [7, 11) is 2.72. The molecule has 0 aromatic heterocycles. The van der Waals surface area contributed by atoms with Gasteiger partial charge in [-0.3, -0.25) is 0 Å². The Morgan fingerprint density at radius 2 is 0.941 bits per heavy atom. The maximum atomic E-state index is 9.67. The fourth-order valence-electron chi connectivity index (χ4n) is 3.04. The summed E-state index contributed by atoms with van der Waals surface area (Å²) in [5.41, 5.74) is 0. The number of rotatable bonds is 2. The van der Waals surface area contributed by atoms with Crippen molar-refractivity contribution >= 4 is 7.28 Å². The molecule has 0 aromatic rings. The van der Waals surface area contributed by atoms with Gasteiger partial charge in [-0.25, -0.2) is 0 Å². The minimum atomic E-state index is -3.67. The predicted octanol–water partition coefficient (Wildman–Crippen LogP) is 5.37. The molecule has 2 aliphatic carbocycles. The molecule has 2 aliphatic rings. The molecule has 2 fully saturated rings. The molecule has 0 unspecified atom stereocenters. The van der Waals surface area contributed by atoms with E-state index in [1.165, 1.54) is 64.2 Å². The van der Waals surface area contributed by atoms with Gasteiger partial charge in [0.05, 0.1) is 0 Å². The zero-order valence-electron chi connectivity index (χ0n) is 10.5. The summed E-state index contributed by atoms with van der Waals surface area (Å²) in [6.07, 6.45) is 15.0. The van der Waals surface area contributed by atoms with Gasteiger partial charge >= 0.3 is 6.68 Å². The lowest BCUT2D eigenvalue weighted by Gasteiger charge is -2.27. The molecule has 2 rings (SSSR count). The van der Waals surface area contributed by atoms with Crippen LogP contribution in [-0.2, 0) is 0 Å². The highest BCUT2D eigenvalue weighted by molar-refractivity contribution is 6.39. The Hall–Kier alpha value is -0.145. The van der Waals surface area contributed by atoms with E-state index in [1.807, 2.05) is 0 Å². The van der Waals surface area contributed by atoms with Gasteiger partial charge in [0, 0.05) is 0 Å². The first-order valence-electron chi connectivity index (χ1n) is 6.95. The van der Waals surface area contributed by atoms with Crippen molar-refractivity contribution in [1.82, 2.24) is 0 Å². The maximum absolute atomic E-state index is 9.67. The summed E-state index contributed by atoms with van der Waals surface area (Å²) in [5.74, 6) is 1.99. The quantitative estimate of drug-likeness (QED) is 0.575. The third kappa shape index (κ3) is 7.72. The minimum absolute atomic E-state index is 0.997. The number of hydrogen-bond acceptors (Lipinski definition) is 0. The summed E-state index contributed by atoms with van der Waals surface area (Å²) in [6, 6.07) is 0. The molecule has 0 saturated heterocycles. The van der Waals surface area contributed by atoms with Crippen molar-refractivity contribution < 1.29 is 13.2 Å². The van der Waals surface area contributed by atoms with E-state index in [9.17, 15) is 13.2 Å². The Morgan fingerprint density at radius 3 is 1.24 bits per heavy atom. The van der Waals surface area contributed by atoms with Crippen LogP contribution in [0.15, 0.2) is 0 Å². The fourth-order valence-corrected chi connectivity index (χ4v) is 3.04. The zero-order chi connectivity index (χ0) is 12.5. The minimum Gasteiger partial charge on any atom is -0.174 e. The largest absolute Gasteiger partial charge is 0.379 e. The first kappa shape index (κ1) is 14.9. The Kier molecular flexibility index (Phi) is 7.79. The standard InChI is InChI=1S/C12H22B.CHF3/c1-3-7-11(8-4-1)13-12-9-5-2-6-10-12;2-1(3)4/h11-12H,1-10H2;1H. The molecule has 0 spiro atoms. The first-order valence-corrected chi connectivity index (χ1v) is 6.95. The van der Waals surface area contributed by atoms with Crippen molar-refractivity contribution in [2.24, 2.45) is 0 Å². The van der Waals surface area contributed by atoms with E-state index in [2.05, 4.69) is 7.28 Å². The van der Waals surface area contributed by atoms with Crippen LogP contribution < -0.4 is 0 Å². The van der Waals surface area contributed by atoms with Crippen molar-refractivity contribution in [3.63, 3.8) is 0 Å². The van der Waals surface area contributed by atoms with Gasteiger partial charge in [-0.2, -0.15) is 13.2 Å². The number of hydrogen-bond donors (Lipinski definition) is 0.